The molecule has 0 bridgehead atoms. The molecule has 0 amide bonds. The molecule has 0 radical (unpaired) electrons. The summed E-state index contributed by atoms with van der Waals surface area (Å²) in [5.74, 6) is -0.235. The van der Waals surface area contributed by atoms with Crippen LogP contribution in [-0.4, -0.2) is 17.6 Å². The predicted octanol–water partition coefficient (Wildman–Crippen LogP) is 5.28. The van der Waals surface area contributed by atoms with Gasteiger partial charge >= 0.3 is 0 Å². The molecule has 2 aromatic carbocycles. The Hall–Kier alpha value is -2.42. The van der Waals surface area contributed by atoms with Crippen molar-refractivity contribution in [2.24, 2.45) is 0 Å². The van der Waals surface area contributed by atoms with E-state index in [0.29, 0.717) is 16.6 Å². The number of nitrogens with zero attached hydrogens (tertiary/aromatic N) is 2. The van der Waals surface area contributed by atoms with Crippen molar-refractivity contribution >= 4 is 16.6 Å². The van der Waals surface area contributed by atoms with Crippen molar-refractivity contribution in [2.75, 3.05) is 11.9 Å². The number of aromatic nitrogens is 1. The lowest BCUT2D eigenvalue weighted by molar-refractivity contribution is 0.539. The van der Waals surface area contributed by atoms with Gasteiger partial charge in [0, 0.05) is 35.3 Å². The molecule has 0 fully saturated rings. The van der Waals surface area contributed by atoms with Crippen LogP contribution in [0, 0.1) is 5.82 Å². The van der Waals surface area contributed by atoms with Crippen molar-refractivity contribution in [3.63, 3.8) is 0 Å². The number of benzene rings is 2. The lowest BCUT2D eigenvalue weighted by Gasteiger charge is -2.34. The topological polar surface area (TPSA) is 16.1 Å². The normalized spacial score (nSPS) is 11.7. The molecule has 0 aliphatic carbocycles. The van der Waals surface area contributed by atoms with E-state index in [-0.39, 0.29) is 11.4 Å². The third-order valence-electron chi connectivity index (χ3n) is 4.22. The van der Waals surface area contributed by atoms with Crippen molar-refractivity contribution in [3.05, 3.63) is 60.4 Å². The van der Waals surface area contributed by atoms with Gasteiger partial charge in [0.05, 0.1) is 11.2 Å². The summed E-state index contributed by atoms with van der Waals surface area (Å²) in [5.41, 5.74) is 3.43. The number of para-hydroxylation sites is 1. The van der Waals surface area contributed by atoms with Gasteiger partial charge in [-0.25, -0.2) is 9.37 Å². The number of pyridine rings is 1. The second-order valence-corrected chi connectivity index (χ2v) is 6.78. The van der Waals surface area contributed by atoms with Gasteiger partial charge in [0.2, 0.25) is 0 Å². The minimum Gasteiger partial charge on any atom is -0.370 e. The van der Waals surface area contributed by atoms with E-state index in [1.54, 1.807) is 6.07 Å². The zero-order valence-corrected chi connectivity index (χ0v) is 14.0. The molecule has 118 valence electrons. The Bertz CT molecular complexity index is 832. The first-order chi connectivity index (χ1) is 10.9. The van der Waals surface area contributed by atoms with Crippen molar-refractivity contribution in [2.45, 2.75) is 26.3 Å². The number of fused-ring (bicyclic) bond motifs is 1. The van der Waals surface area contributed by atoms with E-state index in [4.69, 9.17) is 0 Å². The highest BCUT2D eigenvalue weighted by Crippen LogP contribution is 2.27. The third-order valence-corrected chi connectivity index (χ3v) is 4.22. The Morgan fingerprint density at radius 3 is 2.26 bits per heavy atom. The first kappa shape index (κ1) is 15.5. The summed E-state index contributed by atoms with van der Waals surface area (Å²) in [6.07, 6.45) is 0. The van der Waals surface area contributed by atoms with Crippen LogP contribution in [-0.2, 0) is 0 Å². The Kier molecular flexibility index (Phi) is 3.80. The molecule has 23 heavy (non-hydrogen) atoms. The maximum absolute atomic E-state index is 14.2. The fourth-order valence-electron chi connectivity index (χ4n) is 2.52. The Morgan fingerprint density at radius 1 is 0.957 bits per heavy atom. The predicted molar refractivity (Wildman–Crippen MR) is 95.3 cm³/mol. The number of halogens is 1. The highest BCUT2D eigenvalue weighted by molar-refractivity contribution is 5.82. The summed E-state index contributed by atoms with van der Waals surface area (Å²) in [6, 6.07) is 16.9. The van der Waals surface area contributed by atoms with Crippen molar-refractivity contribution in [3.8, 4) is 11.3 Å². The molecule has 0 atom stereocenters. The van der Waals surface area contributed by atoms with Crippen LogP contribution in [0.1, 0.15) is 20.8 Å². The molecule has 0 N–H and O–H groups in total. The van der Waals surface area contributed by atoms with Gasteiger partial charge in [-0.3, -0.25) is 0 Å². The summed E-state index contributed by atoms with van der Waals surface area (Å²) in [7, 11) is 2.07. The van der Waals surface area contributed by atoms with E-state index in [9.17, 15) is 4.39 Å². The van der Waals surface area contributed by atoms with Crippen LogP contribution in [0.4, 0.5) is 10.1 Å². The highest BCUT2D eigenvalue weighted by Gasteiger charge is 2.17. The van der Waals surface area contributed by atoms with Gasteiger partial charge in [-0.1, -0.05) is 24.3 Å². The molecule has 3 rings (SSSR count). The lowest BCUT2D eigenvalue weighted by Crippen LogP contribution is -2.37. The van der Waals surface area contributed by atoms with Crippen molar-refractivity contribution in [1.29, 1.82) is 0 Å². The molecular weight excluding hydrogens is 287 g/mol. The molecule has 0 aliphatic heterocycles. The minimum absolute atomic E-state index is 0.0504. The van der Waals surface area contributed by atoms with Crippen LogP contribution in [0.15, 0.2) is 54.6 Å². The molecule has 2 nitrogen and oxygen atoms in total. The van der Waals surface area contributed by atoms with Gasteiger partial charge in [-0.15, -0.1) is 0 Å². The van der Waals surface area contributed by atoms with E-state index in [0.717, 1.165) is 11.3 Å². The Balaban J connectivity index is 2.00. The number of rotatable bonds is 2. The molecule has 1 aromatic heterocycles. The highest BCUT2D eigenvalue weighted by atomic mass is 19.1. The average molecular weight is 308 g/mol. The van der Waals surface area contributed by atoms with Crippen LogP contribution >= 0.6 is 0 Å². The molecule has 1 heterocycles. The van der Waals surface area contributed by atoms with Gasteiger partial charge in [-0.05, 0) is 45.0 Å². The second kappa shape index (κ2) is 5.65. The zero-order chi connectivity index (χ0) is 16.6. The van der Waals surface area contributed by atoms with Gasteiger partial charge in [0.1, 0.15) is 5.82 Å². The largest absolute Gasteiger partial charge is 0.370 e. The molecule has 0 saturated carbocycles. The lowest BCUT2D eigenvalue weighted by atomic mass is 10.0. The quantitative estimate of drug-likeness (QED) is 0.640. The summed E-state index contributed by atoms with van der Waals surface area (Å²) < 4.78 is 14.2. The molecule has 0 spiro atoms. The summed E-state index contributed by atoms with van der Waals surface area (Å²) in [5, 5.41) is 0.556. The maximum atomic E-state index is 14.2. The van der Waals surface area contributed by atoms with Gasteiger partial charge < -0.3 is 4.90 Å². The molecule has 0 unspecified atom stereocenters. The van der Waals surface area contributed by atoms with E-state index in [2.05, 4.69) is 49.8 Å². The summed E-state index contributed by atoms with van der Waals surface area (Å²) in [6.45, 7) is 6.50. The van der Waals surface area contributed by atoms with Gasteiger partial charge in [-0.2, -0.15) is 0 Å². The van der Waals surface area contributed by atoms with Crippen molar-refractivity contribution < 1.29 is 4.39 Å². The van der Waals surface area contributed by atoms with Crippen LogP contribution in [0.5, 0.6) is 0 Å². The first-order valence-electron chi connectivity index (χ1n) is 7.76. The van der Waals surface area contributed by atoms with Gasteiger partial charge in [0.25, 0.3) is 0 Å². The third kappa shape index (κ3) is 3.04. The SMILES string of the molecule is CN(c1ccc(-c2cc(F)c3ccccc3n2)cc1)C(C)(C)C. The number of hydrogen-bond acceptors (Lipinski definition) is 2. The van der Waals surface area contributed by atoms with E-state index >= 15 is 0 Å². The maximum Gasteiger partial charge on any atom is 0.134 e. The summed E-state index contributed by atoms with van der Waals surface area (Å²) >= 11 is 0. The minimum atomic E-state index is -0.235. The van der Waals surface area contributed by atoms with E-state index < -0.39 is 0 Å². The molecule has 0 saturated heterocycles. The molecule has 0 aliphatic rings. The molecule has 3 aromatic rings. The van der Waals surface area contributed by atoms with Crippen LogP contribution in [0.2, 0.25) is 0 Å². The molecular formula is C20H21FN2. The fourth-order valence-corrected chi connectivity index (χ4v) is 2.52. The first-order valence-corrected chi connectivity index (χ1v) is 7.76. The second-order valence-electron chi connectivity index (χ2n) is 6.78. The van der Waals surface area contributed by atoms with Crippen LogP contribution in [0.3, 0.4) is 0 Å². The van der Waals surface area contributed by atoms with E-state index in [1.165, 1.54) is 6.07 Å². The Labute approximate surface area is 136 Å². The zero-order valence-electron chi connectivity index (χ0n) is 14.0. The van der Waals surface area contributed by atoms with Crippen LogP contribution in [0.25, 0.3) is 22.2 Å². The van der Waals surface area contributed by atoms with Crippen LogP contribution < -0.4 is 4.90 Å². The van der Waals surface area contributed by atoms with Crippen molar-refractivity contribution in [1.82, 2.24) is 4.98 Å². The van der Waals surface area contributed by atoms with Gasteiger partial charge in [0.15, 0.2) is 0 Å². The molecule has 3 heteroatoms. The number of anilines is 1. The Morgan fingerprint density at radius 2 is 1.61 bits per heavy atom. The fraction of sp³-hybridized carbons (Fsp3) is 0.250. The smallest absolute Gasteiger partial charge is 0.134 e. The monoisotopic (exact) mass is 308 g/mol. The standard InChI is InChI=1S/C20H21FN2/c1-20(2,3)23(4)15-11-9-14(10-12-15)19-13-17(21)16-7-5-6-8-18(16)22-19/h5-13H,1-4H3. The number of hydrogen-bond donors (Lipinski definition) is 0. The average Bonchev–Trinajstić information content (AvgIpc) is 2.53. The van der Waals surface area contributed by atoms with E-state index in [1.807, 2.05) is 30.3 Å². The summed E-state index contributed by atoms with van der Waals surface area (Å²) in [4.78, 5) is 6.79.